The Hall–Kier alpha value is -2.36. The predicted octanol–water partition coefficient (Wildman–Crippen LogP) is 4.53. The molecule has 1 aromatic carbocycles. The lowest BCUT2D eigenvalue weighted by Crippen LogP contribution is -2.48. The average Bonchev–Trinajstić information content (AvgIpc) is 3.10. The van der Waals surface area contributed by atoms with Crippen LogP contribution in [0.3, 0.4) is 0 Å². The lowest BCUT2D eigenvalue weighted by atomic mass is 9.72. The molecule has 1 aliphatic heterocycles. The van der Waals surface area contributed by atoms with Crippen molar-refractivity contribution in [2.24, 2.45) is 11.3 Å². The van der Waals surface area contributed by atoms with Gasteiger partial charge in [0.05, 0.1) is 12.1 Å². The summed E-state index contributed by atoms with van der Waals surface area (Å²) >= 11 is 1.61. The first-order valence-corrected chi connectivity index (χ1v) is 12.0. The second-order valence-electron chi connectivity index (χ2n) is 9.77. The van der Waals surface area contributed by atoms with Crippen LogP contribution < -0.4 is 10.2 Å². The maximum Gasteiger partial charge on any atom is 0.239 e. The number of amides is 1. The second kappa shape index (κ2) is 9.02. The van der Waals surface area contributed by atoms with Crippen LogP contribution in [0.1, 0.15) is 43.2 Å². The molecular formula is C25H32N4OS. The normalized spacial score (nSPS) is 19.5. The molecule has 2 heterocycles. The topological polar surface area (TPSA) is 59.4 Å². The molecule has 1 saturated heterocycles. The summed E-state index contributed by atoms with van der Waals surface area (Å²) in [4.78, 5) is 18.6. The molecule has 1 atom stereocenters. The number of carbonyl (C=O) groups is 1. The van der Waals surface area contributed by atoms with Crippen LogP contribution in [0.2, 0.25) is 0 Å². The molecule has 2 aliphatic rings. The number of hydrogen-bond donors (Lipinski definition) is 1. The maximum atomic E-state index is 12.8. The van der Waals surface area contributed by atoms with Crippen LogP contribution in [0.15, 0.2) is 30.3 Å². The first kappa shape index (κ1) is 21.9. The first-order chi connectivity index (χ1) is 14.8. The van der Waals surface area contributed by atoms with E-state index in [-0.39, 0.29) is 11.3 Å². The number of piperazine rings is 1. The largest absolute Gasteiger partial charge is 0.369 e. The van der Waals surface area contributed by atoms with Crippen LogP contribution in [-0.2, 0) is 17.6 Å². The predicted molar refractivity (Wildman–Crippen MR) is 128 cm³/mol. The number of rotatable bonds is 4. The van der Waals surface area contributed by atoms with E-state index in [0.29, 0.717) is 18.0 Å². The van der Waals surface area contributed by atoms with Crippen molar-refractivity contribution in [2.45, 2.75) is 40.0 Å². The van der Waals surface area contributed by atoms with Gasteiger partial charge in [-0.3, -0.25) is 9.69 Å². The lowest BCUT2D eigenvalue weighted by molar-refractivity contribution is -0.117. The Balaban J connectivity index is 1.35. The molecule has 1 aliphatic carbocycles. The molecule has 2 aromatic rings. The number of nitriles is 1. The van der Waals surface area contributed by atoms with E-state index in [9.17, 15) is 10.1 Å². The van der Waals surface area contributed by atoms with Gasteiger partial charge in [0.15, 0.2) is 0 Å². The van der Waals surface area contributed by atoms with Crippen molar-refractivity contribution in [2.75, 3.05) is 42.9 Å². The molecule has 31 heavy (non-hydrogen) atoms. The number of para-hydroxylation sites is 1. The van der Waals surface area contributed by atoms with Crippen molar-refractivity contribution >= 4 is 27.9 Å². The molecule has 0 radical (unpaired) electrons. The van der Waals surface area contributed by atoms with Gasteiger partial charge in [-0.1, -0.05) is 39.0 Å². The van der Waals surface area contributed by atoms with Crippen LogP contribution in [0, 0.1) is 22.7 Å². The molecule has 4 rings (SSSR count). The average molecular weight is 437 g/mol. The van der Waals surface area contributed by atoms with Crippen LogP contribution in [-0.4, -0.2) is 43.5 Å². The molecule has 0 spiro atoms. The third-order valence-electron chi connectivity index (χ3n) is 6.72. The summed E-state index contributed by atoms with van der Waals surface area (Å²) in [6.07, 6.45) is 3.06. The molecule has 5 nitrogen and oxygen atoms in total. The minimum absolute atomic E-state index is 0.0179. The molecule has 6 heteroatoms. The highest BCUT2D eigenvalue weighted by Gasteiger charge is 2.32. The highest BCUT2D eigenvalue weighted by Crippen LogP contribution is 2.43. The van der Waals surface area contributed by atoms with E-state index in [1.54, 1.807) is 11.3 Å². The van der Waals surface area contributed by atoms with Crippen molar-refractivity contribution < 1.29 is 4.79 Å². The Bertz CT molecular complexity index is 962. The quantitative estimate of drug-likeness (QED) is 0.765. The zero-order valence-corrected chi connectivity index (χ0v) is 19.6. The van der Waals surface area contributed by atoms with Crippen LogP contribution in [0.25, 0.3) is 0 Å². The summed E-state index contributed by atoms with van der Waals surface area (Å²) in [5.41, 5.74) is 3.36. The van der Waals surface area contributed by atoms with Crippen molar-refractivity contribution in [3.8, 4) is 6.07 Å². The second-order valence-corrected chi connectivity index (χ2v) is 10.9. The zero-order valence-electron chi connectivity index (χ0n) is 18.8. The van der Waals surface area contributed by atoms with E-state index < -0.39 is 0 Å². The van der Waals surface area contributed by atoms with Gasteiger partial charge in [-0.05, 0) is 48.3 Å². The van der Waals surface area contributed by atoms with Crippen LogP contribution in [0.4, 0.5) is 10.7 Å². The molecule has 0 bridgehead atoms. The number of thiophene rings is 1. The summed E-state index contributed by atoms with van der Waals surface area (Å²) < 4.78 is 0. The smallest absolute Gasteiger partial charge is 0.239 e. The molecule has 1 amide bonds. The molecule has 1 unspecified atom stereocenters. The van der Waals surface area contributed by atoms with Gasteiger partial charge in [0, 0.05) is 36.7 Å². The first-order valence-electron chi connectivity index (χ1n) is 11.2. The van der Waals surface area contributed by atoms with E-state index in [1.807, 2.05) is 6.07 Å². The SMILES string of the molecule is CC(C)(C)C1CCc2c(sc(NC(=O)CN3CCN(c4ccccc4)CC3)c2C#N)C1. The van der Waals surface area contributed by atoms with Crippen LogP contribution >= 0.6 is 11.3 Å². The summed E-state index contributed by atoms with van der Waals surface area (Å²) in [5.74, 6) is 0.602. The van der Waals surface area contributed by atoms with E-state index in [4.69, 9.17) is 0 Å². The minimum Gasteiger partial charge on any atom is -0.369 e. The number of benzene rings is 1. The van der Waals surface area contributed by atoms with Gasteiger partial charge in [-0.15, -0.1) is 11.3 Å². The lowest BCUT2D eigenvalue weighted by Gasteiger charge is -2.35. The summed E-state index contributed by atoms with van der Waals surface area (Å²) in [5, 5.41) is 13.6. The molecule has 0 saturated carbocycles. The fourth-order valence-electron chi connectivity index (χ4n) is 4.70. The summed E-state index contributed by atoms with van der Waals surface area (Å²) in [7, 11) is 0. The monoisotopic (exact) mass is 436 g/mol. The van der Waals surface area contributed by atoms with Crippen molar-refractivity contribution in [1.82, 2.24) is 4.90 Å². The number of carbonyl (C=O) groups excluding carboxylic acids is 1. The van der Waals surface area contributed by atoms with Gasteiger partial charge in [0.1, 0.15) is 11.1 Å². The van der Waals surface area contributed by atoms with Gasteiger partial charge >= 0.3 is 0 Å². The van der Waals surface area contributed by atoms with E-state index in [0.717, 1.165) is 50.4 Å². The Kier molecular flexibility index (Phi) is 6.36. The molecule has 1 N–H and O–H groups in total. The van der Waals surface area contributed by atoms with Gasteiger partial charge in [-0.2, -0.15) is 5.26 Å². The van der Waals surface area contributed by atoms with Crippen molar-refractivity contribution in [3.63, 3.8) is 0 Å². The molecule has 164 valence electrons. The Morgan fingerprint density at radius 2 is 1.90 bits per heavy atom. The van der Waals surface area contributed by atoms with Gasteiger partial charge in [0.25, 0.3) is 0 Å². The van der Waals surface area contributed by atoms with Gasteiger partial charge in [0.2, 0.25) is 5.91 Å². The Morgan fingerprint density at radius 1 is 1.19 bits per heavy atom. The summed E-state index contributed by atoms with van der Waals surface area (Å²) in [6.45, 7) is 10.8. The molecular weight excluding hydrogens is 404 g/mol. The minimum atomic E-state index is -0.0179. The molecule has 1 fully saturated rings. The fourth-order valence-corrected chi connectivity index (χ4v) is 6.00. The number of fused-ring (bicyclic) bond motifs is 1. The third kappa shape index (κ3) is 4.94. The van der Waals surface area contributed by atoms with Gasteiger partial charge in [-0.25, -0.2) is 0 Å². The van der Waals surface area contributed by atoms with E-state index in [2.05, 4.69) is 66.2 Å². The molecule has 1 aromatic heterocycles. The maximum absolute atomic E-state index is 12.8. The van der Waals surface area contributed by atoms with E-state index in [1.165, 1.54) is 16.1 Å². The van der Waals surface area contributed by atoms with Crippen molar-refractivity contribution in [1.29, 1.82) is 5.26 Å². The fraction of sp³-hybridized carbons (Fsp3) is 0.520. The third-order valence-corrected chi connectivity index (χ3v) is 7.89. The Morgan fingerprint density at radius 3 is 2.55 bits per heavy atom. The standard InChI is InChI=1S/C25H32N4OS/c1-25(2,3)18-9-10-20-21(16-26)24(31-22(20)15-18)27-23(30)17-28-11-13-29(14-12-28)19-7-5-4-6-8-19/h4-8,18H,9-15,17H2,1-3H3,(H,27,30). The Labute approximate surface area is 189 Å². The van der Waals surface area contributed by atoms with Gasteiger partial charge < -0.3 is 10.2 Å². The number of anilines is 2. The number of nitrogens with zero attached hydrogens (tertiary/aromatic N) is 3. The highest BCUT2D eigenvalue weighted by molar-refractivity contribution is 7.16. The van der Waals surface area contributed by atoms with E-state index >= 15 is 0 Å². The highest BCUT2D eigenvalue weighted by atomic mass is 32.1. The van der Waals surface area contributed by atoms with Crippen LogP contribution in [0.5, 0.6) is 0 Å². The zero-order chi connectivity index (χ0) is 22.0. The van der Waals surface area contributed by atoms with Crippen molar-refractivity contribution in [3.05, 3.63) is 46.3 Å². The summed E-state index contributed by atoms with van der Waals surface area (Å²) in [6, 6.07) is 12.8. The number of hydrogen-bond acceptors (Lipinski definition) is 5. The number of nitrogens with one attached hydrogen (secondary N) is 1.